The Morgan fingerprint density at radius 2 is 2.10 bits per heavy atom. The summed E-state index contributed by atoms with van der Waals surface area (Å²) in [6, 6.07) is 1.79. The molecule has 4 nitrogen and oxygen atoms in total. The third kappa shape index (κ3) is 3.37. The molecule has 1 aliphatic rings. The van der Waals surface area contributed by atoms with Crippen LogP contribution < -0.4 is 9.47 Å². The predicted molar refractivity (Wildman–Crippen MR) is 77.0 cm³/mol. The summed E-state index contributed by atoms with van der Waals surface area (Å²) < 4.78 is 11.5. The molecule has 0 spiro atoms. The van der Waals surface area contributed by atoms with Gasteiger partial charge < -0.3 is 14.6 Å². The number of carbonyl (C=O) groups is 1. The van der Waals surface area contributed by atoms with Gasteiger partial charge in [-0.3, -0.25) is 4.79 Å². The lowest BCUT2D eigenvalue weighted by Crippen LogP contribution is -2.03. The Balaban J connectivity index is 2.30. The highest BCUT2D eigenvalue weighted by Crippen LogP contribution is 2.40. The minimum Gasteiger partial charge on any atom is -0.489 e. The van der Waals surface area contributed by atoms with E-state index in [1.165, 1.54) is 0 Å². The van der Waals surface area contributed by atoms with Crippen LogP contribution in [0.25, 0.3) is 0 Å². The maximum Gasteiger partial charge on any atom is 0.303 e. The molecule has 1 N–H and O–H groups in total. The molecule has 1 aliphatic heterocycles. The summed E-state index contributed by atoms with van der Waals surface area (Å²) in [5.74, 6) is 0.694. The summed E-state index contributed by atoms with van der Waals surface area (Å²) in [6.45, 7) is 3.31. The number of hydrogen-bond acceptors (Lipinski definition) is 3. The minimum atomic E-state index is -0.784. The monoisotopic (exact) mass is 298 g/mol. The molecule has 0 atom stereocenters. The zero-order valence-corrected chi connectivity index (χ0v) is 12.3. The quantitative estimate of drug-likeness (QED) is 0.904. The highest BCUT2D eigenvalue weighted by atomic mass is 35.5. The average molecular weight is 299 g/mol. The van der Waals surface area contributed by atoms with Crippen LogP contribution in [0.5, 0.6) is 11.5 Å². The second-order valence-electron chi connectivity index (χ2n) is 4.79. The van der Waals surface area contributed by atoms with E-state index in [0.717, 1.165) is 29.7 Å². The van der Waals surface area contributed by atoms with Crippen molar-refractivity contribution in [3.05, 3.63) is 22.2 Å². The van der Waals surface area contributed by atoms with Crippen LogP contribution in [0.2, 0.25) is 5.02 Å². The molecule has 0 fully saturated rings. The molecule has 0 aromatic heterocycles. The second kappa shape index (κ2) is 6.84. The van der Waals surface area contributed by atoms with Gasteiger partial charge in [0.05, 0.1) is 13.2 Å². The molecular weight excluding hydrogens is 280 g/mol. The summed E-state index contributed by atoms with van der Waals surface area (Å²) >= 11 is 6.33. The first-order chi connectivity index (χ1) is 9.63. The molecule has 1 aromatic carbocycles. The molecule has 0 unspecified atom stereocenters. The summed E-state index contributed by atoms with van der Waals surface area (Å²) in [7, 11) is 0. The third-order valence-corrected chi connectivity index (χ3v) is 3.71. The lowest BCUT2D eigenvalue weighted by atomic mass is 9.98. The summed E-state index contributed by atoms with van der Waals surface area (Å²) in [4.78, 5) is 10.6. The van der Waals surface area contributed by atoms with Gasteiger partial charge in [0, 0.05) is 29.5 Å². The summed E-state index contributed by atoms with van der Waals surface area (Å²) in [6.07, 6.45) is 3.00. The first-order valence-electron chi connectivity index (χ1n) is 6.95. The van der Waals surface area contributed by atoms with Crippen LogP contribution in [-0.4, -0.2) is 24.3 Å². The van der Waals surface area contributed by atoms with Crippen molar-refractivity contribution in [1.29, 1.82) is 0 Å². The highest BCUT2D eigenvalue weighted by Gasteiger charge is 2.20. The number of hydrogen-bond donors (Lipinski definition) is 1. The Morgan fingerprint density at radius 3 is 2.80 bits per heavy atom. The molecule has 0 amide bonds. The molecule has 2 rings (SSSR count). The van der Waals surface area contributed by atoms with E-state index in [4.69, 9.17) is 26.2 Å². The van der Waals surface area contributed by atoms with E-state index in [9.17, 15) is 4.79 Å². The molecule has 110 valence electrons. The number of benzene rings is 1. The Hall–Kier alpha value is -1.42. The topological polar surface area (TPSA) is 55.8 Å². The van der Waals surface area contributed by atoms with E-state index >= 15 is 0 Å². The maximum absolute atomic E-state index is 10.6. The number of fused-ring (bicyclic) bond motifs is 1. The van der Waals surface area contributed by atoms with Crippen molar-refractivity contribution in [3.8, 4) is 11.5 Å². The Bertz CT molecular complexity index is 499. The van der Waals surface area contributed by atoms with Crippen molar-refractivity contribution in [2.24, 2.45) is 0 Å². The number of rotatable bonds is 5. The van der Waals surface area contributed by atoms with E-state index in [-0.39, 0.29) is 6.42 Å². The maximum atomic E-state index is 10.6. The van der Waals surface area contributed by atoms with Gasteiger partial charge in [-0.05, 0) is 24.8 Å². The smallest absolute Gasteiger partial charge is 0.303 e. The van der Waals surface area contributed by atoms with Crippen LogP contribution in [0.1, 0.15) is 37.3 Å². The normalized spacial score (nSPS) is 13.9. The first-order valence-corrected chi connectivity index (χ1v) is 7.33. The molecular formula is C15H19ClO4. The van der Waals surface area contributed by atoms with Crippen molar-refractivity contribution < 1.29 is 19.4 Å². The Kier molecular flexibility index (Phi) is 5.12. The standard InChI is InChI=1S/C15H19ClO4/c1-2-10-11(5-3-6-14(17)18)12(16)9-13-15(10)20-8-4-7-19-13/h9H,2-8H2,1H3,(H,17,18). The zero-order valence-electron chi connectivity index (χ0n) is 11.6. The molecule has 1 aromatic rings. The van der Waals surface area contributed by atoms with Crippen LogP contribution in [0.4, 0.5) is 0 Å². The Labute approximate surface area is 123 Å². The van der Waals surface area contributed by atoms with Crippen molar-refractivity contribution in [1.82, 2.24) is 0 Å². The van der Waals surface area contributed by atoms with Gasteiger partial charge in [0.1, 0.15) is 0 Å². The number of carboxylic acid groups (broad SMARTS) is 1. The van der Waals surface area contributed by atoms with Crippen molar-refractivity contribution in [2.75, 3.05) is 13.2 Å². The third-order valence-electron chi connectivity index (χ3n) is 3.37. The molecule has 1 heterocycles. The average Bonchev–Trinajstić information content (AvgIpc) is 2.63. The summed E-state index contributed by atoms with van der Waals surface area (Å²) in [5.41, 5.74) is 2.03. The fourth-order valence-corrected chi connectivity index (χ4v) is 2.75. The van der Waals surface area contributed by atoms with Gasteiger partial charge in [-0.15, -0.1) is 0 Å². The van der Waals surface area contributed by atoms with Crippen molar-refractivity contribution in [3.63, 3.8) is 0 Å². The fourth-order valence-electron chi connectivity index (χ4n) is 2.44. The lowest BCUT2D eigenvalue weighted by molar-refractivity contribution is -0.137. The van der Waals surface area contributed by atoms with E-state index in [0.29, 0.717) is 36.8 Å². The molecule has 0 saturated carbocycles. The number of aliphatic carboxylic acids is 1. The molecule has 0 radical (unpaired) electrons. The van der Waals surface area contributed by atoms with Gasteiger partial charge >= 0.3 is 5.97 Å². The van der Waals surface area contributed by atoms with Crippen molar-refractivity contribution in [2.45, 2.75) is 39.0 Å². The molecule has 5 heteroatoms. The highest BCUT2D eigenvalue weighted by molar-refractivity contribution is 6.31. The molecule has 20 heavy (non-hydrogen) atoms. The number of halogens is 1. The van der Waals surface area contributed by atoms with Gasteiger partial charge in [0.15, 0.2) is 11.5 Å². The number of carboxylic acids is 1. The molecule has 0 bridgehead atoms. The fraction of sp³-hybridized carbons (Fsp3) is 0.533. The van der Waals surface area contributed by atoms with E-state index < -0.39 is 5.97 Å². The SMILES string of the molecule is CCc1c(CCCC(=O)O)c(Cl)cc2c1OCCCO2. The summed E-state index contributed by atoms with van der Waals surface area (Å²) in [5, 5.41) is 9.37. The Morgan fingerprint density at radius 1 is 1.35 bits per heavy atom. The van der Waals surface area contributed by atoms with E-state index in [2.05, 4.69) is 0 Å². The van der Waals surface area contributed by atoms with Crippen LogP contribution in [0.3, 0.4) is 0 Å². The number of ether oxygens (including phenoxy) is 2. The van der Waals surface area contributed by atoms with E-state index in [1.807, 2.05) is 6.92 Å². The van der Waals surface area contributed by atoms with Gasteiger partial charge in [-0.2, -0.15) is 0 Å². The van der Waals surface area contributed by atoms with Gasteiger partial charge in [0.2, 0.25) is 0 Å². The van der Waals surface area contributed by atoms with Crippen LogP contribution >= 0.6 is 11.6 Å². The van der Waals surface area contributed by atoms with Gasteiger partial charge in [-0.25, -0.2) is 0 Å². The predicted octanol–water partition coefficient (Wildman–Crippen LogP) is 3.47. The zero-order chi connectivity index (χ0) is 14.5. The molecule has 0 aliphatic carbocycles. The lowest BCUT2D eigenvalue weighted by Gasteiger charge is -2.17. The van der Waals surface area contributed by atoms with Gasteiger partial charge in [0.25, 0.3) is 0 Å². The van der Waals surface area contributed by atoms with Gasteiger partial charge in [-0.1, -0.05) is 18.5 Å². The largest absolute Gasteiger partial charge is 0.489 e. The van der Waals surface area contributed by atoms with Crippen LogP contribution in [0, 0.1) is 0 Å². The first kappa shape index (κ1) is 15.0. The van der Waals surface area contributed by atoms with Crippen molar-refractivity contribution >= 4 is 17.6 Å². The molecule has 0 saturated heterocycles. The minimum absolute atomic E-state index is 0.147. The van der Waals surface area contributed by atoms with E-state index in [1.54, 1.807) is 6.07 Å². The second-order valence-corrected chi connectivity index (χ2v) is 5.20. The van der Waals surface area contributed by atoms with Crippen LogP contribution in [0.15, 0.2) is 6.07 Å². The van der Waals surface area contributed by atoms with Crippen LogP contribution in [-0.2, 0) is 17.6 Å².